The van der Waals surface area contributed by atoms with Gasteiger partial charge in [0.2, 0.25) is 5.91 Å². The standard InChI is InChI=1S/C23H40N2O18/c1-6(29)25-12-18(14(33)9(4-27)39-20(12)36)41-21-16(35)19(15(34)10(5-28)40-21)43-23(22(37)38)2-7(30)11(24)17(42-23)13(32)8(31)3-26/h7-21,26-28,30-36H,2-5,24H2,1H3,(H,25,29)(H,37,38)/t7-,8+,9+,10+,11+,12+,13+,14-,15-,16+,17+,18+,19-,20-,21-,23-/m0/s1. The molecule has 3 fully saturated rings. The van der Waals surface area contributed by atoms with E-state index in [1.165, 1.54) is 0 Å². The first kappa shape index (κ1) is 35.8. The fraction of sp³-hybridized carbons (Fsp3) is 0.913. The number of carboxylic acids is 1. The van der Waals surface area contributed by atoms with Crippen LogP contribution in [0.3, 0.4) is 0 Å². The van der Waals surface area contributed by atoms with Crippen molar-refractivity contribution in [3.63, 3.8) is 0 Å². The highest BCUT2D eigenvalue weighted by Crippen LogP contribution is 2.37. The van der Waals surface area contributed by atoms with Gasteiger partial charge in [-0.05, 0) is 0 Å². The minimum absolute atomic E-state index is 0.705. The number of nitrogens with one attached hydrogen (secondary N) is 1. The van der Waals surface area contributed by atoms with Crippen LogP contribution in [0.5, 0.6) is 0 Å². The SMILES string of the molecule is CC(=O)N[C@@H]1[C@@H](O[C@@H]2O[C@H](CO)[C@H](O)[C@H](O[C@]3(C(=O)O)C[C@H](O)[C@@H](N)[C@H]([C@H](O)[C@H](O)CO)O3)[C@H]2O)[C@@H](O)[C@@H](CO)O[C@@H]1O. The Morgan fingerprint density at radius 3 is 2.09 bits per heavy atom. The molecule has 0 bridgehead atoms. The van der Waals surface area contributed by atoms with Crippen LogP contribution in [-0.2, 0) is 33.3 Å². The molecule has 3 saturated heterocycles. The van der Waals surface area contributed by atoms with Gasteiger partial charge in [-0.25, -0.2) is 4.79 Å². The Morgan fingerprint density at radius 2 is 1.56 bits per heavy atom. The van der Waals surface area contributed by atoms with Crippen LogP contribution >= 0.6 is 0 Å². The number of hydrogen-bond acceptors (Lipinski definition) is 18. The predicted molar refractivity (Wildman–Crippen MR) is 132 cm³/mol. The van der Waals surface area contributed by atoms with Gasteiger partial charge in [0.05, 0.1) is 32.0 Å². The summed E-state index contributed by atoms with van der Waals surface area (Å²) >= 11 is 0. The zero-order valence-electron chi connectivity index (χ0n) is 22.8. The summed E-state index contributed by atoms with van der Waals surface area (Å²) in [5, 5.41) is 115. The smallest absolute Gasteiger partial charge is 0.364 e. The van der Waals surface area contributed by atoms with Gasteiger partial charge in [-0.3, -0.25) is 4.79 Å². The molecule has 0 aromatic carbocycles. The Balaban J connectivity index is 1.94. The summed E-state index contributed by atoms with van der Waals surface area (Å²) in [7, 11) is 0. The summed E-state index contributed by atoms with van der Waals surface area (Å²) < 4.78 is 27.1. The summed E-state index contributed by atoms with van der Waals surface area (Å²) in [5.74, 6) is -5.60. The number of rotatable bonds is 11. The molecule has 0 radical (unpaired) electrons. The highest BCUT2D eigenvalue weighted by atomic mass is 16.8. The Bertz CT molecular complexity index is 948. The van der Waals surface area contributed by atoms with Crippen molar-refractivity contribution in [2.45, 2.75) is 111 Å². The van der Waals surface area contributed by atoms with Gasteiger partial charge in [0.1, 0.15) is 67.1 Å². The maximum Gasteiger partial charge on any atom is 0.364 e. The Labute approximate surface area is 243 Å². The number of amides is 1. The lowest BCUT2D eigenvalue weighted by atomic mass is 9.88. The molecular weight excluding hydrogens is 592 g/mol. The second kappa shape index (κ2) is 14.6. The first-order valence-electron chi connectivity index (χ1n) is 13.3. The number of carboxylic acid groups (broad SMARTS) is 1. The van der Waals surface area contributed by atoms with Crippen LogP contribution in [0.15, 0.2) is 0 Å². The van der Waals surface area contributed by atoms with Crippen LogP contribution in [0.25, 0.3) is 0 Å². The van der Waals surface area contributed by atoms with Crippen molar-refractivity contribution in [3.05, 3.63) is 0 Å². The third kappa shape index (κ3) is 7.41. The van der Waals surface area contributed by atoms with Crippen LogP contribution in [0.1, 0.15) is 13.3 Å². The normalized spacial score (nSPS) is 45.3. The fourth-order valence-corrected chi connectivity index (χ4v) is 5.18. The van der Waals surface area contributed by atoms with Gasteiger partial charge in [0, 0.05) is 13.3 Å². The lowest BCUT2D eigenvalue weighted by Crippen LogP contribution is -2.70. The molecule has 0 aliphatic carbocycles. The van der Waals surface area contributed by atoms with Crippen molar-refractivity contribution in [1.29, 1.82) is 0 Å². The largest absolute Gasteiger partial charge is 0.477 e. The molecule has 14 N–H and O–H groups in total. The molecule has 20 heteroatoms. The summed E-state index contributed by atoms with van der Waals surface area (Å²) in [6, 6.07) is -3.00. The molecule has 250 valence electrons. The van der Waals surface area contributed by atoms with Crippen molar-refractivity contribution in [2.24, 2.45) is 5.73 Å². The molecule has 3 aliphatic heterocycles. The zero-order chi connectivity index (χ0) is 32.4. The van der Waals surface area contributed by atoms with Crippen molar-refractivity contribution < 1.29 is 89.4 Å². The van der Waals surface area contributed by atoms with Crippen LogP contribution in [0.4, 0.5) is 0 Å². The van der Waals surface area contributed by atoms with Crippen LogP contribution in [-0.4, -0.2) is 185 Å². The highest BCUT2D eigenvalue weighted by Gasteiger charge is 2.59. The average molecular weight is 633 g/mol. The van der Waals surface area contributed by atoms with Gasteiger partial charge < -0.3 is 90.9 Å². The van der Waals surface area contributed by atoms with Gasteiger partial charge >= 0.3 is 5.97 Å². The van der Waals surface area contributed by atoms with Gasteiger partial charge in [0.15, 0.2) is 12.6 Å². The molecule has 0 saturated carbocycles. The van der Waals surface area contributed by atoms with Crippen molar-refractivity contribution >= 4 is 11.9 Å². The van der Waals surface area contributed by atoms with Gasteiger partial charge in [-0.1, -0.05) is 0 Å². The molecule has 0 aromatic heterocycles. The van der Waals surface area contributed by atoms with E-state index in [1.807, 2.05) is 0 Å². The molecule has 3 aliphatic rings. The number of nitrogens with two attached hydrogens (primary N) is 1. The van der Waals surface area contributed by atoms with E-state index in [0.29, 0.717) is 0 Å². The van der Waals surface area contributed by atoms with Gasteiger partial charge in [0.25, 0.3) is 5.79 Å². The fourth-order valence-electron chi connectivity index (χ4n) is 5.18. The monoisotopic (exact) mass is 632 g/mol. The molecule has 43 heavy (non-hydrogen) atoms. The predicted octanol–water partition coefficient (Wildman–Crippen LogP) is -8.26. The third-order valence-corrected chi connectivity index (χ3v) is 7.55. The first-order valence-corrected chi connectivity index (χ1v) is 13.3. The summed E-state index contributed by atoms with van der Waals surface area (Å²) in [6.07, 6.45) is -25.0. The minimum atomic E-state index is -2.96. The molecule has 20 nitrogen and oxygen atoms in total. The Kier molecular flexibility index (Phi) is 12.1. The maximum absolute atomic E-state index is 12.5. The van der Waals surface area contributed by atoms with Crippen molar-refractivity contribution in [1.82, 2.24) is 5.32 Å². The van der Waals surface area contributed by atoms with E-state index in [-0.39, 0.29) is 0 Å². The topological polar surface area (TPSA) is 341 Å². The summed E-state index contributed by atoms with van der Waals surface area (Å²) in [5.41, 5.74) is 5.84. The molecular formula is C23H40N2O18. The molecule has 0 spiro atoms. The number of aliphatic hydroxyl groups excluding tert-OH is 10. The van der Waals surface area contributed by atoms with Crippen LogP contribution < -0.4 is 11.1 Å². The van der Waals surface area contributed by atoms with E-state index in [2.05, 4.69) is 5.32 Å². The summed E-state index contributed by atoms with van der Waals surface area (Å²) in [4.78, 5) is 24.2. The molecule has 3 rings (SSSR count). The highest BCUT2D eigenvalue weighted by molar-refractivity contribution is 5.76. The Morgan fingerprint density at radius 1 is 0.977 bits per heavy atom. The van der Waals surface area contributed by atoms with Crippen LogP contribution in [0.2, 0.25) is 0 Å². The molecule has 0 unspecified atom stereocenters. The average Bonchev–Trinajstić information content (AvgIpc) is 2.96. The Hall–Kier alpha value is -1.70. The van der Waals surface area contributed by atoms with E-state index in [1.54, 1.807) is 0 Å². The van der Waals surface area contributed by atoms with E-state index in [9.17, 15) is 65.8 Å². The van der Waals surface area contributed by atoms with E-state index < -0.39 is 136 Å². The summed E-state index contributed by atoms with van der Waals surface area (Å²) in [6.45, 7) is -1.70. The van der Waals surface area contributed by atoms with E-state index in [4.69, 9.17) is 29.4 Å². The maximum atomic E-state index is 12.5. The third-order valence-electron chi connectivity index (χ3n) is 7.55. The molecule has 0 aromatic rings. The molecule has 16 atom stereocenters. The number of ether oxygens (including phenoxy) is 5. The van der Waals surface area contributed by atoms with Gasteiger partial charge in [-0.2, -0.15) is 0 Å². The number of carbonyl (C=O) groups is 2. The minimum Gasteiger partial charge on any atom is -0.477 e. The van der Waals surface area contributed by atoms with E-state index >= 15 is 0 Å². The second-order valence-corrected chi connectivity index (χ2v) is 10.6. The number of hydrogen-bond donors (Lipinski definition) is 13. The van der Waals surface area contributed by atoms with Crippen molar-refractivity contribution in [2.75, 3.05) is 19.8 Å². The van der Waals surface area contributed by atoms with Gasteiger partial charge in [-0.15, -0.1) is 0 Å². The first-order chi connectivity index (χ1) is 20.1. The zero-order valence-corrected chi connectivity index (χ0v) is 22.8. The molecule has 1 amide bonds. The van der Waals surface area contributed by atoms with E-state index in [0.717, 1.165) is 6.92 Å². The molecule has 3 heterocycles. The number of carbonyl (C=O) groups excluding carboxylic acids is 1. The lowest BCUT2D eigenvalue weighted by Gasteiger charge is -2.50. The number of aliphatic carboxylic acids is 1. The van der Waals surface area contributed by atoms with Crippen LogP contribution in [0, 0.1) is 0 Å². The number of aliphatic hydroxyl groups is 10. The quantitative estimate of drug-likeness (QED) is 0.100. The lowest BCUT2D eigenvalue weighted by molar-refractivity contribution is -0.380. The van der Waals surface area contributed by atoms with Crippen molar-refractivity contribution in [3.8, 4) is 0 Å². The second-order valence-electron chi connectivity index (χ2n) is 10.6.